The van der Waals surface area contributed by atoms with Crippen LogP contribution in [-0.2, 0) is 19.4 Å². The van der Waals surface area contributed by atoms with Crippen LogP contribution in [0.25, 0.3) is 33.5 Å². The Hall–Kier alpha value is -3.22. The van der Waals surface area contributed by atoms with Gasteiger partial charge in [0.2, 0.25) is 0 Å². The number of imidazole rings is 1. The van der Waals surface area contributed by atoms with Crippen molar-refractivity contribution in [2.75, 3.05) is 30.8 Å². The Bertz CT molecular complexity index is 1590. The quantitative estimate of drug-likeness (QED) is 0.329. The fourth-order valence-electron chi connectivity index (χ4n) is 4.73. The summed E-state index contributed by atoms with van der Waals surface area (Å²) >= 11 is 6.58. The number of hydrogen-bond acceptors (Lipinski definition) is 8. The van der Waals surface area contributed by atoms with Crippen LogP contribution >= 0.6 is 11.6 Å². The van der Waals surface area contributed by atoms with Gasteiger partial charge in [-0.2, -0.15) is 4.98 Å². The lowest BCUT2D eigenvalue weighted by Crippen LogP contribution is -2.34. The zero-order valence-corrected chi connectivity index (χ0v) is 22.2. The molecule has 3 N–H and O–H groups in total. The van der Waals surface area contributed by atoms with E-state index in [1.54, 1.807) is 13.1 Å². The van der Waals surface area contributed by atoms with Crippen LogP contribution in [0.3, 0.4) is 0 Å². The number of benzene rings is 2. The van der Waals surface area contributed by atoms with E-state index in [1.807, 2.05) is 48.5 Å². The Morgan fingerprint density at radius 3 is 2.37 bits per heavy atom. The summed E-state index contributed by atoms with van der Waals surface area (Å²) in [5, 5.41) is 10.4. The molecule has 2 fully saturated rings. The largest absolute Gasteiger partial charge is 0.456 e. The first-order chi connectivity index (χ1) is 18.2. The number of fused-ring (bicyclic) bond motifs is 2. The number of aliphatic hydroxyl groups excluding tert-OH is 1. The molecular formula is C26H26ClN5O5S. The maximum absolute atomic E-state index is 12.0. The monoisotopic (exact) mass is 555 g/mol. The van der Waals surface area contributed by atoms with E-state index < -0.39 is 16.0 Å². The lowest BCUT2D eigenvalue weighted by atomic mass is 10.0. The highest BCUT2D eigenvalue weighted by atomic mass is 35.5. The number of aromatic amines is 1. The van der Waals surface area contributed by atoms with Gasteiger partial charge in [0.25, 0.3) is 6.01 Å². The van der Waals surface area contributed by atoms with Gasteiger partial charge in [0.15, 0.2) is 11.8 Å². The molecule has 4 aromatic rings. The molecule has 0 aliphatic carbocycles. The maximum atomic E-state index is 12.0. The average Bonchev–Trinajstić information content (AvgIpc) is 3.59. The fraction of sp³-hybridized carbons (Fsp3) is 0.308. The molecule has 2 aliphatic heterocycles. The number of pyridine rings is 1. The van der Waals surface area contributed by atoms with Crippen LogP contribution < -0.4 is 9.04 Å². The molecule has 198 valence electrons. The smallest absolute Gasteiger partial charge is 0.296 e. The average molecular weight is 556 g/mol. The molecule has 2 saturated heterocycles. The fourth-order valence-corrected chi connectivity index (χ4v) is 5.51. The van der Waals surface area contributed by atoms with Crippen LogP contribution in [-0.4, -0.2) is 75.2 Å². The predicted octanol–water partition coefficient (Wildman–Crippen LogP) is 3.88. The normalized spacial score (nSPS) is 24.3. The van der Waals surface area contributed by atoms with Crippen molar-refractivity contribution in [3.63, 3.8) is 0 Å². The van der Waals surface area contributed by atoms with E-state index in [0.29, 0.717) is 34.2 Å². The van der Waals surface area contributed by atoms with Crippen LogP contribution in [0.2, 0.25) is 5.02 Å². The number of nitrogens with zero attached hydrogens (tertiary/aromatic N) is 3. The van der Waals surface area contributed by atoms with Crippen molar-refractivity contribution in [3.05, 3.63) is 59.6 Å². The minimum absolute atomic E-state index is 0.227. The molecule has 4 heterocycles. The minimum atomic E-state index is -2.82. The zero-order valence-electron chi connectivity index (χ0n) is 20.6. The van der Waals surface area contributed by atoms with E-state index >= 15 is 0 Å². The first-order valence-corrected chi connectivity index (χ1v) is 14.3. The molecule has 0 spiro atoms. The molecule has 2 aromatic heterocycles. The highest BCUT2D eigenvalue weighted by molar-refractivity contribution is 7.93. The van der Waals surface area contributed by atoms with Crippen LogP contribution in [0, 0.1) is 4.78 Å². The third-order valence-electron chi connectivity index (χ3n) is 6.89. The molecule has 0 bridgehead atoms. The van der Waals surface area contributed by atoms with Crippen molar-refractivity contribution in [3.8, 4) is 28.4 Å². The topological polar surface area (TPSA) is 134 Å². The molecular weight excluding hydrogens is 530 g/mol. The Kier molecular flexibility index (Phi) is 6.28. The van der Waals surface area contributed by atoms with Gasteiger partial charge in [0, 0.05) is 24.6 Å². The summed E-state index contributed by atoms with van der Waals surface area (Å²) in [5.74, 6) is 0. The number of rotatable bonds is 6. The summed E-state index contributed by atoms with van der Waals surface area (Å²) in [6.45, 7) is 0.531. The van der Waals surface area contributed by atoms with Gasteiger partial charge >= 0.3 is 0 Å². The molecule has 38 heavy (non-hydrogen) atoms. The number of aliphatic hydroxyl groups is 1. The third-order valence-corrected chi connectivity index (χ3v) is 8.44. The Morgan fingerprint density at radius 2 is 1.68 bits per heavy atom. The molecule has 2 aliphatic rings. The second-order valence-electron chi connectivity index (χ2n) is 9.47. The van der Waals surface area contributed by atoms with Gasteiger partial charge in [0.1, 0.15) is 33.7 Å². The number of anilines is 1. The van der Waals surface area contributed by atoms with Crippen molar-refractivity contribution in [1.82, 2.24) is 15.0 Å². The van der Waals surface area contributed by atoms with E-state index in [0.717, 1.165) is 16.7 Å². The van der Waals surface area contributed by atoms with E-state index in [1.165, 1.54) is 10.6 Å². The Morgan fingerprint density at radius 1 is 1.05 bits per heavy atom. The Balaban J connectivity index is 1.21. The van der Waals surface area contributed by atoms with E-state index in [9.17, 15) is 9.32 Å². The van der Waals surface area contributed by atoms with E-state index in [-0.39, 0.29) is 30.9 Å². The molecule has 6 rings (SSSR count). The first kappa shape index (κ1) is 25.1. The van der Waals surface area contributed by atoms with Crippen LogP contribution in [0.15, 0.2) is 54.6 Å². The van der Waals surface area contributed by atoms with Crippen molar-refractivity contribution in [2.45, 2.75) is 24.4 Å². The summed E-state index contributed by atoms with van der Waals surface area (Å²) < 4.78 is 38.4. The summed E-state index contributed by atoms with van der Waals surface area (Å²) in [4.78, 5) is 12.3. The Labute approximate surface area is 224 Å². The number of nitrogens with one attached hydrogen (secondary N) is 2. The standard InChI is InChI=1S/C26H26ClN5O5S/c1-32(38(2,28)34)17-9-7-15(8-10-17)14-3-5-16(6-4-14)22-18(27)11-19-25(30-22)31-26(29-19)37-21-13-36-23-20(33)12-35-24(21)23/h3-11,20-21,23-24,28,33H,12-13H2,1-2H3,(H,29,30,31)/t20-,21+,23-,24-,38?/m1/s1. The number of H-pyrrole nitrogens is 1. The van der Waals surface area contributed by atoms with Crippen molar-refractivity contribution in [1.29, 1.82) is 4.78 Å². The second-order valence-corrected chi connectivity index (χ2v) is 12.0. The molecule has 0 saturated carbocycles. The lowest BCUT2D eigenvalue weighted by Gasteiger charge is -2.19. The highest BCUT2D eigenvalue weighted by Crippen LogP contribution is 2.33. The van der Waals surface area contributed by atoms with Crippen LogP contribution in [0.1, 0.15) is 0 Å². The number of ether oxygens (including phenoxy) is 3. The molecule has 0 radical (unpaired) electrons. The van der Waals surface area contributed by atoms with Crippen molar-refractivity contribution in [2.24, 2.45) is 0 Å². The molecule has 10 nitrogen and oxygen atoms in total. The van der Waals surface area contributed by atoms with Crippen LogP contribution in [0.5, 0.6) is 6.01 Å². The summed E-state index contributed by atoms with van der Waals surface area (Å²) in [6.07, 6.45) is -0.365. The first-order valence-electron chi connectivity index (χ1n) is 12.0. The molecule has 1 unspecified atom stereocenters. The summed E-state index contributed by atoms with van der Waals surface area (Å²) in [6, 6.07) is 17.5. The SMILES string of the molecule is CN(c1ccc(-c2ccc(-c3nc4[nH]c(O[C@H]5CO[C@H]6[C@@H]5OC[C@H]6O)nc4cc3Cl)cc2)cc1)S(C)(=N)=O. The van der Waals surface area contributed by atoms with Gasteiger partial charge in [-0.05, 0) is 29.3 Å². The summed E-state index contributed by atoms with van der Waals surface area (Å²) in [5.41, 5.74) is 5.26. The van der Waals surface area contributed by atoms with Crippen molar-refractivity contribution >= 4 is 38.4 Å². The predicted molar refractivity (Wildman–Crippen MR) is 145 cm³/mol. The minimum Gasteiger partial charge on any atom is -0.456 e. The number of hydrogen-bond donors (Lipinski definition) is 3. The van der Waals surface area contributed by atoms with Gasteiger partial charge in [-0.25, -0.2) is 14.0 Å². The van der Waals surface area contributed by atoms with E-state index in [2.05, 4.69) is 9.97 Å². The number of halogens is 1. The van der Waals surface area contributed by atoms with Crippen LogP contribution in [0.4, 0.5) is 5.69 Å². The van der Waals surface area contributed by atoms with Gasteiger partial charge in [0.05, 0.1) is 23.9 Å². The molecule has 2 aromatic carbocycles. The third kappa shape index (κ3) is 4.61. The summed E-state index contributed by atoms with van der Waals surface area (Å²) in [7, 11) is -1.17. The molecule has 5 atom stereocenters. The van der Waals surface area contributed by atoms with E-state index in [4.69, 9.17) is 35.6 Å². The van der Waals surface area contributed by atoms with Gasteiger partial charge in [-0.15, -0.1) is 0 Å². The molecule has 0 amide bonds. The van der Waals surface area contributed by atoms with Gasteiger partial charge in [-0.1, -0.05) is 48.0 Å². The highest BCUT2D eigenvalue weighted by Gasteiger charge is 2.48. The maximum Gasteiger partial charge on any atom is 0.296 e. The second kappa shape index (κ2) is 9.51. The molecule has 12 heteroatoms. The van der Waals surface area contributed by atoms with Crippen molar-refractivity contribution < 1.29 is 23.5 Å². The lowest BCUT2D eigenvalue weighted by molar-refractivity contribution is 0.00706. The zero-order chi connectivity index (χ0) is 26.6. The number of aromatic nitrogens is 3. The van der Waals surface area contributed by atoms with Gasteiger partial charge in [-0.3, -0.25) is 9.29 Å². The van der Waals surface area contributed by atoms with Gasteiger partial charge < -0.3 is 19.3 Å².